The first-order valence-electron chi connectivity index (χ1n) is 6.03. The number of nitrogens with zero attached hydrogens (tertiary/aromatic N) is 1. The zero-order valence-corrected chi connectivity index (χ0v) is 10.1. The molecule has 1 N–H and O–H groups in total. The molecule has 3 atom stereocenters. The van der Waals surface area contributed by atoms with Gasteiger partial charge in [0, 0.05) is 12.6 Å². The lowest BCUT2D eigenvalue weighted by Gasteiger charge is -2.38. The van der Waals surface area contributed by atoms with Crippen LogP contribution >= 0.6 is 0 Å². The van der Waals surface area contributed by atoms with E-state index in [2.05, 4.69) is 11.8 Å². The minimum atomic E-state index is -0.680. The summed E-state index contributed by atoms with van der Waals surface area (Å²) in [6, 6.07) is 0.164. The lowest BCUT2D eigenvalue weighted by molar-refractivity contribution is -0.143. The predicted octanol–water partition coefficient (Wildman–Crippen LogP) is 2.22. The molecular weight excluding hydrogens is 190 g/mol. The van der Waals surface area contributed by atoms with Crippen molar-refractivity contribution in [1.82, 2.24) is 4.90 Å². The number of carboxylic acid groups (broad SMARTS) is 1. The van der Waals surface area contributed by atoms with Crippen molar-refractivity contribution in [2.45, 2.75) is 46.1 Å². The van der Waals surface area contributed by atoms with E-state index >= 15 is 0 Å². The van der Waals surface area contributed by atoms with Gasteiger partial charge in [0.1, 0.15) is 0 Å². The molecule has 88 valence electrons. The Morgan fingerprint density at radius 3 is 2.73 bits per heavy atom. The van der Waals surface area contributed by atoms with Crippen LogP contribution in [0.25, 0.3) is 0 Å². The van der Waals surface area contributed by atoms with Crippen LogP contribution < -0.4 is 0 Å². The second kappa shape index (κ2) is 5.50. The minimum absolute atomic E-state index is 0.164. The Morgan fingerprint density at radius 1 is 1.53 bits per heavy atom. The topological polar surface area (TPSA) is 40.5 Å². The fraction of sp³-hybridized carbons (Fsp3) is 0.917. The van der Waals surface area contributed by atoms with E-state index < -0.39 is 5.97 Å². The number of hydrogen-bond donors (Lipinski definition) is 1. The molecule has 0 bridgehead atoms. The molecule has 0 amide bonds. The number of piperidine rings is 1. The molecule has 1 saturated heterocycles. The Morgan fingerprint density at radius 2 is 2.20 bits per heavy atom. The van der Waals surface area contributed by atoms with Gasteiger partial charge in [-0.25, -0.2) is 0 Å². The Kier molecular flexibility index (Phi) is 4.58. The average molecular weight is 213 g/mol. The fourth-order valence-electron chi connectivity index (χ4n) is 2.32. The molecule has 3 nitrogen and oxygen atoms in total. The van der Waals surface area contributed by atoms with E-state index in [1.165, 1.54) is 19.3 Å². The molecule has 1 rings (SSSR count). The molecule has 0 aromatic rings. The Balaban J connectivity index is 2.51. The van der Waals surface area contributed by atoms with Gasteiger partial charge in [-0.05, 0) is 32.2 Å². The van der Waals surface area contributed by atoms with Crippen LogP contribution in [0, 0.1) is 11.8 Å². The highest BCUT2D eigenvalue weighted by molar-refractivity contribution is 5.70. The van der Waals surface area contributed by atoms with Gasteiger partial charge in [-0.1, -0.05) is 20.3 Å². The average Bonchev–Trinajstić information content (AvgIpc) is 2.27. The summed E-state index contributed by atoms with van der Waals surface area (Å²) in [5.41, 5.74) is 0. The molecule has 15 heavy (non-hydrogen) atoms. The second-order valence-electron chi connectivity index (χ2n) is 4.78. The maximum Gasteiger partial charge on any atom is 0.307 e. The quantitative estimate of drug-likeness (QED) is 0.778. The third-order valence-electron chi connectivity index (χ3n) is 3.82. The van der Waals surface area contributed by atoms with E-state index in [0.717, 1.165) is 19.0 Å². The van der Waals surface area contributed by atoms with Crippen molar-refractivity contribution >= 4 is 5.97 Å². The number of rotatable bonds is 4. The summed E-state index contributed by atoms with van der Waals surface area (Å²) >= 11 is 0. The summed E-state index contributed by atoms with van der Waals surface area (Å²) in [7, 11) is 0. The number of hydrogen-bond acceptors (Lipinski definition) is 2. The predicted molar refractivity (Wildman–Crippen MR) is 60.8 cm³/mol. The van der Waals surface area contributed by atoms with Crippen molar-refractivity contribution in [3.05, 3.63) is 0 Å². The summed E-state index contributed by atoms with van der Waals surface area (Å²) < 4.78 is 0. The van der Waals surface area contributed by atoms with Gasteiger partial charge in [0.05, 0.1) is 5.92 Å². The van der Waals surface area contributed by atoms with E-state index in [1.807, 2.05) is 13.8 Å². The van der Waals surface area contributed by atoms with Crippen LogP contribution in [0.15, 0.2) is 0 Å². The lowest BCUT2D eigenvalue weighted by atomic mass is 9.92. The van der Waals surface area contributed by atoms with Gasteiger partial charge in [0.25, 0.3) is 0 Å². The van der Waals surface area contributed by atoms with Crippen molar-refractivity contribution in [2.24, 2.45) is 11.8 Å². The standard InChI is InChI=1S/C12H23NO2/c1-4-11-6-5-7-13(8-11)10(3)9(2)12(14)15/h9-11H,4-8H2,1-3H3,(H,14,15). The zero-order valence-electron chi connectivity index (χ0n) is 10.1. The number of likely N-dealkylation sites (tertiary alicyclic amines) is 1. The van der Waals surface area contributed by atoms with Crippen LogP contribution in [0.5, 0.6) is 0 Å². The first kappa shape index (κ1) is 12.5. The summed E-state index contributed by atoms with van der Waals surface area (Å²) in [6.45, 7) is 8.21. The first-order chi connectivity index (χ1) is 7.06. The van der Waals surface area contributed by atoms with E-state index in [1.54, 1.807) is 0 Å². The van der Waals surface area contributed by atoms with Crippen molar-refractivity contribution in [1.29, 1.82) is 0 Å². The summed E-state index contributed by atoms with van der Waals surface area (Å²) in [5, 5.41) is 8.98. The Bertz CT molecular complexity index is 218. The highest BCUT2D eigenvalue weighted by Gasteiger charge is 2.28. The molecule has 3 heteroatoms. The van der Waals surface area contributed by atoms with Crippen LogP contribution in [-0.2, 0) is 4.79 Å². The number of carbonyl (C=O) groups is 1. The van der Waals surface area contributed by atoms with Gasteiger partial charge in [-0.15, -0.1) is 0 Å². The van der Waals surface area contributed by atoms with Crippen molar-refractivity contribution in [3.8, 4) is 0 Å². The molecule has 1 aliphatic rings. The molecule has 0 aliphatic carbocycles. The van der Waals surface area contributed by atoms with E-state index in [-0.39, 0.29) is 12.0 Å². The van der Waals surface area contributed by atoms with Gasteiger partial charge in [-0.2, -0.15) is 0 Å². The van der Waals surface area contributed by atoms with Gasteiger partial charge < -0.3 is 5.11 Å². The highest BCUT2D eigenvalue weighted by Crippen LogP contribution is 2.23. The molecule has 1 fully saturated rings. The molecule has 0 spiro atoms. The number of aliphatic carboxylic acids is 1. The minimum Gasteiger partial charge on any atom is -0.481 e. The van der Waals surface area contributed by atoms with Crippen molar-refractivity contribution in [3.63, 3.8) is 0 Å². The van der Waals surface area contributed by atoms with Crippen molar-refractivity contribution < 1.29 is 9.90 Å². The zero-order chi connectivity index (χ0) is 11.4. The highest BCUT2D eigenvalue weighted by atomic mass is 16.4. The van der Waals surface area contributed by atoms with Crippen molar-refractivity contribution in [2.75, 3.05) is 13.1 Å². The maximum absolute atomic E-state index is 10.9. The van der Waals surface area contributed by atoms with Gasteiger partial charge >= 0.3 is 5.97 Å². The Hall–Kier alpha value is -0.570. The van der Waals surface area contributed by atoms with Gasteiger partial charge in [-0.3, -0.25) is 9.69 Å². The summed E-state index contributed by atoms with van der Waals surface area (Å²) in [6.07, 6.45) is 3.74. The monoisotopic (exact) mass is 213 g/mol. The fourth-order valence-corrected chi connectivity index (χ4v) is 2.32. The molecule has 1 heterocycles. The van der Waals surface area contributed by atoms with Crippen LogP contribution in [-0.4, -0.2) is 35.1 Å². The molecule has 3 unspecified atom stereocenters. The third kappa shape index (κ3) is 3.20. The SMILES string of the molecule is CCC1CCCN(C(C)C(C)C(=O)O)C1. The van der Waals surface area contributed by atoms with Gasteiger partial charge in [0.2, 0.25) is 0 Å². The summed E-state index contributed by atoms with van der Waals surface area (Å²) in [5.74, 6) is -0.177. The maximum atomic E-state index is 10.9. The van der Waals surface area contributed by atoms with Crippen LogP contribution in [0.3, 0.4) is 0 Å². The molecule has 0 radical (unpaired) electrons. The third-order valence-corrected chi connectivity index (χ3v) is 3.82. The second-order valence-corrected chi connectivity index (χ2v) is 4.78. The largest absolute Gasteiger partial charge is 0.481 e. The van der Waals surface area contributed by atoms with Gasteiger partial charge in [0.15, 0.2) is 0 Å². The Labute approximate surface area is 92.5 Å². The molecule has 0 saturated carbocycles. The van der Waals surface area contributed by atoms with E-state index in [4.69, 9.17) is 5.11 Å². The van der Waals surface area contributed by atoms with Crippen LogP contribution in [0.1, 0.15) is 40.0 Å². The van der Waals surface area contributed by atoms with E-state index in [9.17, 15) is 4.79 Å². The van der Waals surface area contributed by atoms with E-state index in [0.29, 0.717) is 0 Å². The molecule has 0 aromatic heterocycles. The summed E-state index contributed by atoms with van der Waals surface area (Å²) in [4.78, 5) is 13.3. The van der Waals surface area contributed by atoms with Crippen LogP contribution in [0.4, 0.5) is 0 Å². The van der Waals surface area contributed by atoms with Crippen LogP contribution in [0.2, 0.25) is 0 Å². The normalized spacial score (nSPS) is 27.3. The number of carboxylic acids is 1. The molecular formula is C12H23NO2. The first-order valence-corrected chi connectivity index (χ1v) is 6.03. The smallest absolute Gasteiger partial charge is 0.307 e. The lowest BCUT2D eigenvalue weighted by Crippen LogP contribution is -2.45. The molecule has 0 aromatic carbocycles. The molecule has 1 aliphatic heterocycles.